The number of ether oxygens (including phenoxy) is 1. The molecule has 16 heavy (non-hydrogen) atoms. The van der Waals surface area contributed by atoms with Gasteiger partial charge in [-0.15, -0.1) is 0 Å². The first-order valence-electron chi connectivity index (χ1n) is 6.85. The minimum absolute atomic E-state index is 0.254. The highest BCUT2D eigenvalue weighted by Gasteiger charge is 2.27. The van der Waals surface area contributed by atoms with Crippen molar-refractivity contribution in [3.8, 4) is 0 Å². The van der Waals surface area contributed by atoms with Crippen LogP contribution >= 0.6 is 0 Å². The fraction of sp³-hybridized carbons (Fsp3) is 1.00. The van der Waals surface area contributed by atoms with Gasteiger partial charge in [-0.25, -0.2) is 0 Å². The zero-order chi connectivity index (χ0) is 11.2. The Bertz CT molecular complexity index is 184. The molecule has 2 atom stereocenters. The summed E-state index contributed by atoms with van der Waals surface area (Å²) in [5.41, 5.74) is 0. The summed E-state index contributed by atoms with van der Waals surface area (Å²) in [6.07, 6.45) is 9.12. The predicted octanol–water partition coefficient (Wildman–Crippen LogP) is 1.70. The minimum Gasteiger partial charge on any atom is -0.395 e. The van der Waals surface area contributed by atoms with Crippen molar-refractivity contribution in [2.24, 2.45) is 5.92 Å². The van der Waals surface area contributed by atoms with Crippen LogP contribution < -0.4 is 5.32 Å². The summed E-state index contributed by atoms with van der Waals surface area (Å²) in [6, 6.07) is 0.880. The molecule has 1 aliphatic heterocycles. The normalized spacial score (nSPS) is 30.2. The lowest BCUT2D eigenvalue weighted by Gasteiger charge is -2.27. The first-order chi connectivity index (χ1) is 7.90. The summed E-state index contributed by atoms with van der Waals surface area (Å²) < 4.78 is 5.40. The highest BCUT2D eigenvalue weighted by molar-refractivity contribution is 4.83. The molecule has 0 bridgehead atoms. The second-order valence-electron chi connectivity index (χ2n) is 5.27. The Morgan fingerprint density at radius 3 is 2.44 bits per heavy atom. The Kier molecular flexibility index (Phi) is 5.07. The molecule has 2 unspecified atom stereocenters. The number of rotatable bonds is 4. The molecule has 1 saturated carbocycles. The second-order valence-corrected chi connectivity index (χ2v) is 5.27. The van der Waals surface area contributed by atoms with Gasteiger partial charge in [-0.2, -0.15) is 0 Å². The van der Waals surface area contributed by atoms with E-state index in [-0.39, 0.29) is 12.6 Å². The van der Waals surface area contributed by atoms with Gasteiger partial charge in [0.15, 0.2) is 0 Å². The van der Waals surface area contributed by atoms with Crippen LogP contribution in [0.3, 0.4) is 0 Å². The van der Waals surface area contributed by atoms with E-state index in [0.29, 0.717) is 12.0 Å². The van der Waals surface area contributed by atoms with Gasteiger partial charge in [-0.3, -0.25) is 0 Å². The van der Waals surface area contributed by atoms with Crippen LogP contribution in [-0.2, 0) is 4.74 Å². The van der Waals surface area contributed by atoms with Gasteiger partial charge in [0.1, 0.15) is 0 Å². The summed E-state index contributed by atoms with van der Waals surface area (Å²) in [4.78, 5) is 0. The number of hydrogen-bond acceptors (Lipinski definition) is 3. The highest BCUT2D eigenvalue weighted by atomic mass is 16.5. The van der Waals surface area contributed by atoms with E-state index >= 15 is 0 Å². The quantitative estimate of drug-likeness (QED) is 0.718. The Labute approximate surface area is 98.6 Å². The fourth-order valence-corrected chi connectivity index (χ4v) is 2.96. The number of aliphatic hydroxyl groups is 1. The maximum Gasteiger partial charge on any atom is 0.0588 e. The zero-order valence-electron chi connectivity index (χ0n) is 10.2. The molecule has 3 heteroatoms. The molecule has 94 valence electrons. The maximum atomic E-state index is 9.47. The van der Waals surface area contributed by atoms with Crippen LogP contribution in [0, 0.1) is 5.92 Å². The van der Waals surface area contributed by atoms with E-state index < -0.39 is 0 Å². The van der Waals surface area contributed by atoms with Crippen molar-refractivity contribution in [1.82, 2.24) is 5.32 Å². The molecular weight excluding hydrogens is 202 g/mol. The third-order valence-electron chi connectivity index (χ3n) is 4.04. The molecule has 1 heterocycles. The molecule has 2 rings (SSSR count). The number of hydrogen-bond donors (Lipinski definition) is 2. The van der Waals surface area contributed by atoms with Gasteiger partial charge in [0.05, 0.1) is 13.2 Å². The Hall–Kier alpha value is -0.120. The van der Waals surface area contributed by atoms with Gasteiger partial charge < -0.3 is 15.2 Å². The highest BCUT2D eigenvalue weighted by Crippen LogP contribution is 2.21. The minimum atomic E-state index is 0.254. The van der Waals surface area contributed by atoms with Crippen molar-refractivity contribution >= 4 is 0 Å². The molecule has 0 aromatic rings. The van der Waals surface area contributed by atoms with E-state index in [1.807, 2.05) is 0 Å². The van der Waals surface area contributed by atoms with Gasteiger partial charge in [0.2, 0.25) is 0 Å². The van der Waals surface area contributed by atoms with Crippen LogP contribution in [0.1, 0.15) is 44.9 Å². The van der Waals surface area contributed by atoms with Crippen molar-refractivity contribution in [3.05, 3.63) is 0 Å². The van der Waals surface area contributed by atoms with Crippen LogP contribution in [0.15, 0.2) is 0 Å². The average molecular weight is 227 g/mol. The third kappa shape index (κ3) is 3.44. The first-order valence-corrected chi connectivity index (χ1v) is 6.85. The molecule has 0 spiro atoms. The molecular formula is C13H25NO2. The molecule has 2 aliphatic rings. The van der Waals surface area contributed by atoms with Crippen molar-refractivity contribution in [3.63, 3.8) is 0 Å². The van der Waals surface area contributed by atoms with E-state index in [9.17, 15) is 5.11 Å². The van der Waals surface area contributed by atoms with Crippen LogP contribution in [0.4, 0.5) is 0 Å². The summed E-state index contributed by atoms with van der Waals surface area (Å²) in [6.45, 7) is 1.95. The zero-order valence-corrected chi connectivity index (χ0v) is 10.2. The lowest BCUT2D eigenvalue weighted by Crippen LogP contribution is -2.45. The summed E-state index contributed by atoms with van der Waals surface area (Å²) in [5.74, 6) is 0.522. The molecule has 0 radical (unpaired) electrons. The van der Waals surface area contributed by atoms with Crippen LogP contribution in [0.2, 0.25) is 0 Å². The number of nitrogens with one attached hydrogen (secondary N) is 1. The predicted molar refractivity (Wildman–Crippen MR) is 64.4 cm³/mol. The molecule has 1 saturated heterocycles. The Morgan fingerprint density at radius 2 is 1.88 bits per heavy atom. The van der Waals surface area contributed by atoms with Crippen LogP contribution in [0.25, 0.3) is 0 Å². The molecule has 0 aromatic heterocycles. The van der Waals surface area contributed by atoms with Crippen molar-refractivity contribution in [2.75, 3.05) is 19.8 Å². The average Bonchev–Trinajstić information content (AvgIpc) is 2.71. The van der Waals surface area contributed by atoms with Gasteiger partial charge in [0, 0.05) is 24.6 Å². The molecule has 3 nitrogen and oxygen atoms in total. The first kappa shape index (κ1) is 12.3. The van der Waals surface area contributed by atoms with Gasteiger partial charge in [-0.05, 0) is 19.3 Å². The van der Waals surface area contributed by atoms with E-state index in [1.165, 1.54) is 38.5 Å². The van der Waals surface area contributed by atoms with E-state index in [2.05, 4.69) is 5.32 Å². The van der Waals surface area contributed by atoms with E-state index in [4.69, 9.17) is 4.74 Å². The summed E-state index contributed by atoms with van der Waals surface area (Å²) >= 11 is 0. The maximum absolute atomic E-state index is 9.47. The van der Waals surface area contributed by atoms with Crippen molar-refractivity contribution in [2.45, 2.75) is 57.0 Å². The molecule has 0 aromatic carbocycles. The smallest absolute Gasteiger partial charge is 0.0588 e. The molecule has 1 aliphatic carbocycles. The third-order valence-corrected chi connectivity index (χ3v) is 4.04. The standard InChI is InChI=1S/C13H25NO2/c15-9-13(11-7-8-16-10-11)14-12-5-3-1-2-4-6-12/h11-15H,1-10H2. The molecule has 2 fully saturated rings. The number of aliphatic hydroxyl groups excluding tert-OH is 1. The van der Waals surface area contributed by atoms with Gasteiger partial charge in [-0.1, -0.05) is 25.7 Å². The summed E-state index contributed by atoms with van der Waals surface area (Å²) in [7, 11) is 0. The van der Waals surface area contributed by atoms with Crippen molar-refractivity contribution in [1.29, 1.82) is 0 Å². The monoisotopic (exact) mass is 227 g/mol. The lowest BCUT2D eigenvalue weighted by molar-refractivity contribution is 0.146. The second kappa shape index (κ2) is 6.58. The Morgan fingerprint density at radius 1 is 1.12 bits per heavy atom. The topological polar surface area (TPSA) is 41.5 Å². The van der Waals surface area contributed by atoms with Gasteiger partial charge >= 0.3 is 0 Å². The molecule has 0 amide bonds. The van der Waals surface area contributed by atoms with E-state index in [1.54, 1.807) is 0 Å². The Balaban J connectivity index is 1.79. The van der Waals surface area contributed by atoms with Crippen LogP contribution in [-0.4, -0.2) is 37.0 Å². The summed E-state index contributed by atoms with van der Waals surface area (Å²) in [5, 5.41) is 13.1. The lowest BCUT2D eigenvalue weighted by atomic mass is 9.97. The SMILES string of the molecule is OCC(NC1CCCCCC1)C1CCOC1. The van der Waals surface area contributed by atoms with E-state index in [0.717, 1.165) is 19.6 Å². The van der Waals surface area contributed by atoms with Gasteiger partial charge in [0.25, 0.3) is 0 Å². The van der Waals surface area contributed by atoms with Crippen molar-refractivity contribution < 1.29 is 9.84 Å². The van der Waals surface area contributed by atoms with Crippen LogP contribution in [0.5, 0.6) is 0 Å². The molecule has 2 N–H and O–H groups in total. The largest absolute Gasteiger partial charge is 0.395 e. The fourth-order valence-electron chi connectivity index (χ4n) is 2.96.